The molecule has 0 radical (unpaired) electrons. The summed E-state index contributed by atoms with van der Waals surface area (Å²) < 4.78 is 6.81. The van der Waals surface area contributed by atoms with Gasteiger partial charge in [-0.3, -0.25) is 9.48 Å². The Labute approximate surface area is 110 Å². The van der Waals surface area contributed by atoms with Crippen molar-refractivity contribution in [2.45, 2.75) is 18.9 Å². The molecule has 1 atom stereocenters. The molecule has 1 fully saturated rings. The number of morpholine rings is 1. The molecule has 7 nitrogen and oxygen atoms in total. The molecule has 19 heavy (non-hydrogen) atoms. The maximum absolute atomic E-state index is 12.1. The molecule has 0 bridgehead atoms. The van der Waals surface area contributed by atoms with Crippen molar-refractivity contribution < 1.29 is 19.4 Å². The smallest absolute Gasteiger partial charge is 0.328 e. The Kier molecular flexibility index (Phi) is 4.16. The van der Waals surface area contributed by atoms with Crippen LogP contribution in [0, 0.1) is 0 Å². The van der Waals surface area contributed by atoms with E-state index in [1.54, 1.807) is 10.9 Å². The molecule has 0 aliphatic carbocycles. The van der Waals surface area contributed by atoms with Crippen LogP contribution in [0.1, 0.15) is 12.1 Å². The number of carboxylic acids is 1. The topological polar surface area (TPSA) is 84.7 Å². The van der Waals surface area contributed by atoms with E-state index >= 15 is 0 Å². The van der Waals surface area contributed by atoms with E-state index in [2.05, 4.69) is 5.10 Å². The van der Waals surface area contributed by atoms with E-state index in [4.69, 9.17) is 9.84 Å². The molecule has 0 saturated carbocycles. The van der Waals surface area contributed by atoms with Gasteiger partial charge in [-0.05, 0) is 12.5 Å². The van der Waals surface area contributed by atoms with Gasteiger partial charge in [0, 0.05) is 31.9 Å². The molecule has 0 spiro atoms. The predicted octanol–water partition coefficient (Wildman–Crippen LogP) is -0.335. The number of amides is 1. The van der Waals surface area contributed by atoms with Gasteiger partial charge in [0.25, 0.3) is 0 Å². The largest absolute Gasteiger partial charge is 0.480 e. The number of carbonyl (C=O) groups is 2. The predicted molar refractivity (Wildman–Crippen MR) is 65.5 cm³/mol. The van der Waals surface area contributed by atoms with Crippen molar-refractivity contribution in [2.75, 3.05) is 19.8 Å². The molecule has 1 aliphatic rings. The number of carboxylic acid groups (broad SMARTS) is 1. The summed E-state index contributed by atoms with van der Waals surface area (Å²) in [6.45, 7) is 0.787. The molecule has 1 aliphatic heterocycles. The average Bonchev–Trinajstić information content (AvgIpc) is 2.81. The van der Waals surface area contributed by atoms with Gasteiger partial charge in [0.15, 0.2) is 6.04 Å². The van der Waals surface area contributed by atoms with Crippen LogP contribution >= 0.6 is 0 Å². The number of rotatable bonds is 4. The summed E-state index contributed by atoms with van der Waals surface area (Å²) in [4.78, 5) is 24.6. The number of aromatic nitrogens is 2. The SMILES string of the molecule is Cn1nccc1CCC(=O)N1CCOCC1C(=O)O. The Morgan fingerprint density at radius 2 is 2.37 bits per heavy atom. The zero-order valence-electron chi connectivity index (χ0n) is 10.8. The van der Waals surface area contributed by atoms with Gasteiger partial charge in [-0.15, -0.1) is 0 Å². The first-order valence-corrected chi connectivity index (χ1v) is 6.16. The van der Waals surface area contributed by atoms with E-state index in [9.17, 15) is 9.59 Å². The Hall–Kier alpha value is -1.89. The van der Waals surface area contributed by atoms with Crippen LogP contribution in [0.5, 0.6) is 0 Å². The van der Waals surface area contributed by atoms with E-state index in [1.807, 2.05) is 13.1 Å². The monoisotopic (exact) mass is 267 g/mol. The second kappa shape index (κ2) is 5.83. The fourth-order valence-electron chi connectivity index (χ4n) is 2.13. The van der Waals surface area contributed by atoms with Crippen molar-refractivity contribution in [1.29, 1.82) is 0 Å². The molecule has 1 aromatic rings. The highest BCUT2D eigenvalue weighted by atomic mass is 16.5. The Bertz CT molecular complexity index is 471. The molecular weight excluding hydrogens is 250 g/mol. The molecular formula is C12H17N3O4. The molecule has 1 saturated heterocycles. The average molecular weight is 267 g/mol. The summed E-state index contributed by atoms with van der Waals surface area (Å²) >= 11 is 0. The van der Waals surface area contributed by atoms with Crippen molar-refractivity contribution in [3.05, 3.63) is 18.0 Å². The van der Waals surface area contributed by atoms with Gasteiger partial charge in [-0.1, -0.05) is 0 Å². The molecule has 104 valence electrons. The van der Waals surface area contributed by atoms with Crippen LogP contribution in [0.3, 0.4) is 0 Å². The molecule has 1 unspecified atom stereocenters. The molecule has 7 heteroatoms. The van der Waals surface area contributed by atoms with Crippen LogP contribution in [0.4, 0.5) is 0 Å². The number of nitrogens with zero attached hydrogens (tertiary/aromatic N) is 3. The fourth-order valence-corrected chi connectivity index (χ4v) is 2.13. The third kappa shape index (κ3) is 3.11. The number of aryl methyl sites for hydroxylation is 2. The van der Waals surface area contributed by atoms with Gasteiger partial charge >= 0.3 is 5.97 Å². The second-order valence-corrected chi connectivity index (χ2v) is 4.46. The molecule has 1 amide bonds. The quantitative estimate of drug-likeness (QED) is 0.807. The van der Waals surface area contributed by atoms with Crippen molar-refractivity contribution >= 4 is 11.9 Å². The lowest BCUT2D eigenvalue weighted by molar-refractivity contribution is -0.158. The zero-order chi connectivity index (χ0) is 13.8. The minimum atomic E-state index is -1.02. The van der Waals surface area contributed by atoms with E-state index in [0.717, 1.165) is 5.69 Å². The number of aliphatic carboxylic acids is 1. The minimum absolute atomic E-state index is 0.0623. The number of carbonyl (C=O) groups excluding carboxylic acids is 1. The van der Waals surface area contributed by atoms with Crippen molar-refractivity contribution in [3.8, 4) is 0 Å². The zero-order valence-corrected chi connectivity index (χ0v) is 10.8. The first-order valence-electron chi connectivity index (χ1n) is 6.16. The maximum Gasteiger partial charge on any atom is 0.328 e. The van der Waals surface area contributed by atoms with Crippen molar-refractivity contribution in [3.63, 3.8) is 0 Å². The standard InChI is InChI=1S/C12H17N3O4/c1-14-9(4-5-13-14)2-3-11(16)15-6-7-19-8-10(15)12(17)18/h4-5,10H,2-3,6-8H2,1H3,(H,17,18). The summed E-state index contributed by atoms with van der Waals surface area (Å²) in [6, 6.07) is 0.981. The van der Waals surface area contributed by atoms with Crippen molar-refractivity contribution in [2.24, 2.45) is 7.05 Å². The summed E-state index contributed by atoms with van der Waals surface area (Å²) in [7, 11) is 1.81. The van der Waals surface area contributed by atoms with Gasteiger partial charge in [0.05, 0.1) is 13.2 Å². The Balaban J connectivity index is 1.94. The molecule has 1 N–H and O–H groups in total. The van der Waals surface area contributed by atoms with Crippen LogP contribution in [-0.4, -0.2) is 57.5 Å². The van der Waals surface area contributed by atoms with Gasteiger partial charge < -0.3 is 14.7 Å². The normalized spacial score (nSPS) is 19.4. The maximum atomic E-state index is 12.1. The third-order valence-electron chi connectivity index (χ3n) is 3.25. The van der Waals surface area contributed by atoms with Gasteiger partial charge in [0.2, 0.25) is 5.91 Å². The lowest BCUT2D eigenvalue weighted by Crippen LogP contribution is -2.52. The van der Waals surface area contributed by atoms with Crippen LogP contribution in [0.15, 0.2) is 12.3 Å². The number of ether oxygens (including phenoxy) is 1. The highest BCUT2D eigenvalue weighted by molar-refractivity contribution is 5.84. The van der Waals surface area contributed by atoms with Crippen LogP contribution < -0.4 is 0 Å². The summed E-state index contributed by atoms with van der Waals surface area (Å²) in [5.74, 6) is -1.18. The highest BCUT2D eigenvalue weighted by Gasteiger charge is 2.32. The van der Waals surface area contributed by atoms with Crippen LogP contribution in [0.2, 0.25) is 0 Å². The van der Waals surface area contributed by atoms with Gasteiger partial charge in [-0.2, -0.15) is 5.10 Å². The van der Waals surface area contributed by atoms with Crippen LogP contribution in [-0.2, 0) is 27.8 Å². The molecule has 2 rings (SSSR count). The third-order valence-corrected chi connectivity index (χ3v) is 3.25. The highest BCUT2D eigenvalue weighted by Crippen LogP contribution is 2.11. The first kappa shape index (κ1) is 13.5. The number of hydrogen-bond donors (Lipinski definition) is 1. The van der Waals surface area contributed by atoms with E-state index in [-0.39, 0.29) is 18.9 Å². The number of hydrogen-bond acceptors (Lipinski definition) is 4. The summed E-state index contributed by atoms with van der Waals surface area (Å²) in [6.07, 6.45) is 2.51. The van der Waals surface area contributed by atoms with Gasteiger partial charge in [-0.25, -0.2) is 4.79 Å². The Morgan fingerprint density at radius 3 is 3.00 bits per heavy atom. The fraction of sp³-hybridized carbons (Fsp3) is 0.583. The molecule has 1 aromatic heterocycles. The second-order valence-electron chi connectivity index (χ2n) is 4.46. The van der Waals surface area contributed by atoms with Gasteiger partial charge in [0.1, 0.15) is 0 Å². The summed E-state index contributed by atoms with van der Waals surface area (Å²) in [5, 5.41) is 13.1. The van der Waals surface area contributed by atoms with Crippen molar-refractivity contribution in [1.82, 2.24) is 14.7 Å². The summed E-state index contributed by atoms with van der Waals surface area (Å²) in [5.41, 5.74) is 0.952. The lowest BCUT2D eigenvalue weighted by atomic mass is 10.1. The molecule has 2 heterocycles. The molecule has 0 aromatic carbocycles. The van der Waals surface area contributed by atoms with E-state index in [0.29, 0.717) is 19.6 Å². The van der Waals surface area contributed by atoms with Crippen LogP contribution in [0.25, 0.3) is 0 Å². The lowest BCUT2D eigenvalue weighted by Gasteiger charge is -2.32. The van der Waals surface area contributed by atoms with E-state index < -0.39 is 12.0 Å². The minimum Gasteiger partial charge on any atom is -0.480 e. The van der Waals surface area contributed by atoms with E-state index in [1.165, 1.54) is 4.90 Å². The Morgan fingerprint density at radius 1 is 1.58 bits per heavy atom. The first-order chi connectivity index (χ1) is 9.09.